The molecule has 1 amide bonds. The van der Waals surface area contributed by atoms with Crippen molar-refractivity contribution in [2.45, 2.75) is 38.1 Å². The molecule has 0 spiro atoms. The third-order valence-electron chi connectivity index (χ3n) is 3.83. The smallest absolute Gasteiger partial charge is 0.258 e. The highest BCUT2D eigenvalue weighted by Crippen LogP contribution is 2.24. The SMILES string of the molecule is O=C(Cc1nc2c(Cl)cc(Cl)cc2c(=O)[nH]1)NC1CCCC1. The second-order valence-corrected chi connectivity index (χ2v) is 6.37. The highest BCUT2D eigenvalue weighted by molar-refractivity contribution is 6.38. The van der Waals surface area contributed by atoms with Crippen molar-refractivity contribution in [2.24, 2.45) is 0 Å². The van der Waals surface area contributed by atoms with Gasteiger partial charge < -0.3 is 10.3 Å². The first kappa shape index (κ1) is 15.3. The molecule has 3 rings (SSSR count). The first-order valence-electron chi connectivity index (χ1n) is 7.20. The first-order valence-corrected chi connectivity index (χ1v) is 7.96. The molecule has 2 aromatic rings. The Morgan fingerprint density at radius 3 is 2.77 bits per heavy atom. The number of carbonyl (C=O) groups excluding carboxylic acids is 1. The van der Waals surface area contributed by atoms with Crippen molar-refractivity contribution < 1.29 is 4.79 Å². The molecular weight excluding hydrogens is 325 g/mol. The Hall–Kier alpha value is -1.59. The maximum atomic E-state index is 12.1. The molecule has 7 heteroatoms. The second-order valence-electron chi connectivity index (χ2n) is 5.52. The monoisotopic (exact) mass is 339 g/mol. The maximum Gasteiger partial charge on any atom is 0.258 e. The van der Waals surface area contributed by atoms with E-state index in [1.54, 1.807) is 0 Å². The number of carbonyl (C=O) groups is 1. The van der Waals surface area contributed by atoms with Crippen LogP contribution in [-0.2, 0) is 11.2 Å². The van der Waals surface area contributed by atoms with Crippen LogP contribution in [0.1, 0.15) is 31.5 Å². The fourth-order valence-corrected chi connectivity index (χ4v) is 3.33. The fraction of sp³-hybridized carbons (Fsp3) is 0.400. The van der Waals surface area contributed by atoms with Crippen LogP contribution in [0.5, 0.6) is 0 Å². The van der Waals surface area contributed by atoms with Crippen molar-refractivity contribution in [3.63, 3.8) is 0 Å². The van der Waals surface area contributed by atoms with Gasteiger partial charge in [0.2, 0.25) is 5.91 Å². The summed E-state index contributed by atoms with van der Waals surface area (Å²) in [6.07, 6.45) is 4.34. The van der Waals surface area contributed by atoms with E-state index in [2.05, 4.69) is 15.3 Å². The minimum absolute atomic E-state index is 0.0284. The zero-order valence-corrected chi connectivity index (χ0v) is 13.3. The van der Waals surface area contributed by atoms with Crippen LogP contribution >= 0.6 is 23.2 Å². The average molecular weight is 340 g/mol. The predicted molar refractivity (Wildman–Crippen MR) is 86.5 cm³/mol. The van der Waals surface area contributed by atoms with Gasteiger partial charge in [0, 0.05) is 11.1 Å². The highest BCUT2D eigenvalue weighted by atomic mass is 35.5. The van der Waals surface area contributed by atoms with E-state index >= 15 is 0 Å². The Morgan fingerprint density at radius 2 is 2.05 bits per heavy atom. The van der Waals surface area contributed by atoms with E-state index in [9.17, 15) is 9.59 Å². The average Bonchev–Trinajstić information content (AvgIpc) is 2.93. The van der Waals surface area contributed by atoms with E-state index in [0.29, 0.717) is 26.8 Å². The molecule has 5 nitrogen and oxygen atoms in total. The zero-order valence-electron chi connectivity index (χ0n) is 11.8. The Kier molecular flexibility index (Phi) is 4.36. The lowest BCUT2D eigenvalue weighted by molar-refractivity contribution is -0.121. The predicted octanol–water partition coefficient (Wildman–Crippen LogP) is 2.83. The molecule has 116 valence electrons. The lowest BCUT2D eigenvalue weighted by Gasteiger charge is -2.11. The van der Waals surface area contributed by atoms with Gasteiger partial charge in [-0.05, 0) is 25.0 Å². The van der Waals surface area contributed by atoms with Crippen LogP contribution in [0, 0.1) is 0 Å². The summed E-state index contributed by atoms with van der Waals surface area (Å²) in [4.78, 5) is 31.0. The normalized spacial score (nSPS) is 15.4. The molecule has 0 aliphatic heterocycles. The van der Waals surface area contributed by atoms with Crippen LogP contribution in [0.15, 0.2) is 16.9 Å². The Labute approximate surface area is 137 Å². The van der Waals surface area contributed by atoms with Gasteiger partial charge in [0.05, 0.1) is 22.3 Å². The molecule has 2 N–H and O–H groups in total. The van der Waals surface area contributed by atoms with Gasteiger partial charge in [-0.15, -0.1) is 0 Å². The molecule has 0 unspecified atom stereocenters. The molecule has 0 atom stereocenters. The number of benzene rings is 1. The molecule has 1 aromatic carbocycles. The third kappa shape index (κ3) is 3.25. The van der Waals surface area contributed by atoms with Crippen LogP contribution in [0.4, 0.5) is 0 Å². The van der Waals surface area contributed by atoms with Crippen molar-refractivity contribution in [2.75, 3.05) is 0 Å². The Morgan fingerprint density at radius 1 is 1.32 bits per heavy atom. The minimum atomic E-state index is -0.349. The van der Waals surface area contributed by atoms with E-state index in [0.717, 1.165) is 25.7 Å². The molecule has 1 saturated carbocycles. The molecule has 0 saturated heterocycles. The zero-order chi connectivity index (χ0) is 15.7. The van der Waals surface area contributed by atoms with Crippen LogP contribution < -0.4 is 10.9 Å². The van der Waals surface area contributed by atoms with Gasteiger partial charge in [0.25, 0.3) is 5.56 Å². The molecule has 1 fully saturated rings. The topological polar surface area (TPSA) is 74.8 Å². The molecule has 0 bridgehead atoms. The second kappa shape index (κ2) is 6.26. The molecule has 0 radical (unpaired) electrons. The van der Waals surface area contributed by atoms with Crippen LogP contribution in [-0.4, -0.2) is 21.9 Å². The van der Waals surface area contributed by atoms with Crippen molar-refractivity contribution in [1.82, 2.24) is 15.3 Å². The van der Waals surface area contributed by atoms with Crippen molar-refractivity contribution in [3.8, 4) is 0 Å². The number of nitrogens with one attached hydrogen (secondary N) is 2. The van der Waals surface area contributed by atoms with Gasteiger partial charge >= 0.3 is 0 Å². The van der Waals surface area contributed by atoms with Crippen LogP contribution in [0.25, 0.3) is 10.9 Å². The number of amides is 1. The maximum absolute atomic E-state index is 12.1. The number of fused-ring (bicyclic) bond motifs is 1. The lowest BCUT2D eigenvalue weighted by Crippen LogP contribution is -2.34. The number of halogens is 2. The third-order valence-corrected chi connectivity index (χ3v) is 4.33. The molecule has 22 heavy (non-hydrogen) atoms. The van der Waals surface area contributed by atoms with E-state index in [1.807, 2.05) is 0 Å². The number of H-pyrrole nitrogens is 1. The van der Waals surface area contributed by atoms with E-state index in [4.69, 9.17) is 23.2 Å². The summed E-state index contributed by atoms with van der Waals surface area (Å²) in [5, 5.41) is 3.95. The number of hydrogen-bond acceptors (Lipinski definition) is 3. The van der Waals surface area contributed by atoms with Gasteiger partial charge in [0.1, 0.15) is 5.82 Å². The van der Waals surface area contributed by atoms with Gasteiger partial charge in [-0.2, -0.15) is 0 Å². The summed E-state index contributed by atoms with van der Waals surface area (Å²) < 4.78 is 0. The lowest BCUT2D eigenvalue weighted by atomic mass is 10.2. The fourth-order valence-electron chi connectivity index (χ4n) is 2.80. The number of aromatic amines is 1. The molecular formula is C15H15Cl2N3O2. The standard InChI is InChI=1S/C15H15Cl2N3O2/c16-8-5-10-14(11(17)6-8)19-12(20-15(10)22)7-13(21)18-9-3-1-2-4-9/h5-6,9H,1-4,7H2,(H,18,21)(H,19,20,22). The van der Waals surface area contributed by atoms with E-state index < -0.39 is 0 Å². The quantitative estimate of drug-likeness (QED) is 0.902. The van der Waals surface area contributed by atoms with Crippen molar-refractivity contribution >= 4 is 40.0 Å². The Balaban J connectivity index is 1.85. The van der Waals surface area contributed by atoms with E-state index in [1.165, 1.54) is 12.1 Å². The number of rotatable bonds is 3. The van der Waals surface area contributed by atoms with Gasteiger partial charge in [-0.1, -0.05) is 36.0 Å². The molecule has 1 aromatic heterocycles. The van der Waals surface area contributed by atoms with E-state index in [-0.39, 0.29) is 23.9 Å². The number of nitrogens with zero attached hydrogens (tertiary/aromatic N) is 1. The highest BCUT2D eigenvalue weighted by Gasteiger charge is 2.18. The number of hydrogen-bond donors (Lipinski definition) is 2. The number of aromatic nitrogens is 2. The summed E-state index contributed by atoms with van der Waals surface area (Å²) in [7, 11) is 0. The summed E-state index contributed by atoms with van der Waals surface area (Å²) in [6, 6.07) is 3.28. The molecule has 1 aliphatic carbocycles. The minimum Gasteiger partial charge on any atom is -0.353 e. The largest absolute Gasteiger partial charge is 0.353 e. The van der Waals surface area contributed by atoms with Gasteiger partial charge in [0.15, 0.2) is 0 Å². The Bertz CT molecular complexity index is 782. The van der Waals surface area contributed by atoms with Crippen molar-refractivity contribution in [3.05, 3.63) is 38.4 Å². The molecule has 1 heterocycles. The van der Waals surface area contributed by atoms with Crippen LogP contribution in [0.3, 0.4) is 0 Å². The van der Waals surface area contributed by atoms with Gasteiger partial charge in [-0.3, -0.25) is 9.59 Å². The van der Waals surface area contributed by atoms with Crippen LogP contribution in [0.2, 0.25) is 10.0 Å². The summed E-state index contributed by atoms with van der Waals surface area (Å²) in [6.45, 7) is 0. The summed E-state index contributed by atoms with van der Waals surface area (Å²) >= 11 is 12.0. The summed E-state index contributed by atoms with van der Waals surface area (Å²) in [5.74, 6) is 0.164. The van der Waals surface area contributed by atoms with Gasteiger partial charge in [-0.25, -0.2) is 4.98 Å². The first-order chi connectivity index (χ1) is 10.5. The summed E-state index contributed by atoms with van der Waals surface area (Å²) in [5.41, 5.74) is 0.0107. The van der Waals surface area contributed by atoms with Crippen molar-refractivity contribution in [1.29, 1.82) is 0 Å². The molecule has 1 aliphatic rings.